The van der Waals surface area contributed by atoms with Crippen LogP contribution in [0.2, 0.25) is 0 Å². The van der Waals surface area contributed by atoms with E-state index in [-0.39, 0.29) is 23.4 Å². The fourth-order valence-corrected chi connectivity index (χ4v) is 5.97. The number of tetrazole rings is 1. The van der Waals surface area contributed by atoms with E-state index in [0.29, 0.717) is 12.4 Å². The maximum absolute atomic E-state index is 14.1. The van der Waals surface area contributed by atoms with Crippen LogP contribution < -0.4 is 5.69 Å². The molecule has 1 aliphatic rings. The summed E-state index contributed by atoms with van der Waals surface area (Å²) < 4.78 is 3.78. The zero-order valence-electron chi connectivity index (χ0n) is 22.8. The van der Waals surface area contributed by atoms with Gasteiger partial charge in [-0.2, -0.15) is 0 Å². The van der Waals surface area contributed by atoms with Crippen LogP contribution >= 0.6 is 0 Å². The molecule has 9 nitrogen and oxygen atoms in total. The number of nitrogens with one attached hydrogen (secondary N) is 1. The van der Waals surface area contributed by atoms with Crippen LogP contribution in [0.15, 0.2) is 53.7 Å². The topological polar surface area (TPSA) is 111 Å². The summed E-state index contributed by atoms with van der Waals surface area (Å²) in [5, 5.41) is 14.5. The summed E-state index contributed by atoms with van der Waals surface area (Å²) >= 11 is 0. The second-order valence-corrected chi connectivity index (χ2v) is 10.6. The molecule has 1 aromatic carbocycles. The van der Waals surface area contributed by atoms with Gasteiger partial charge in [0.2, 0.25) is 0 Å². The van der Waals surface area contributed by atoms with E-state index in [0.717, 1.165) is 85.7 Å². The highest BCUT2D eigenvalue weighted by molar-refractivity contribution is 5.81. The Hall–Kier alpha value is -3.88. The van der Waals surface area contributed by atoms with Gasteiger partial charge >= 0.3 is 5.69 Å². The molecular weight excluding hydrogens is 490 g/mol. The summed E-state index contributed by atoms with van der Waals surface area (Å²) in [7, 11) is 0. The Kier molecular flexibility index (Phi) is 8.44. The lowest BCUT2D eigenvalue weighted by Crippen LogP contribution is -2.34. The molecule has 0 amide bonds. The molecular formula is C30H37N7O2. The van der Waals surface area contributed by atoms with E-state index in [1.807, 2.05) is 51.9 Å². The fraction of sp³-hybridized carbons (Fsp3) is 0.467. The SMILES string of the molecule is CCCCc1cn(C2CCCCCCC2C(C)=O)c(=O)n1Cc1cnccc1-c1ccccc1-c1nnn[nH]1. The highest BCUT2D eigenvalue weighted by Crippen LogP contribution is 2.34. The van der Waals surface area contributed by atoms with Crippen molar-refractivity contribution in [2.75, 3.05) is 0 Å². The van der Waals surface area contributed by atoms with Gasteiger partial charge in [-0.05, 0) is 65.8 Å². The number of aromatic nitrogens is 7. The van der Waals surface area contributed by atoms with Gasteiger partial charge in [-0.1, -0.05) is 63.3 Å². The summed E-state index contributed by atoms with van der Waals surface area (Å²) in [4.78, 5) is 31.2. The average Bonchev–Trinajstić information content (AvgIpc) is 3.57. The Morgan fingerprint density at radius 2 is 1.85 bits per heavy atom. The zero-order chi connectivity index (χ0) is 27.2. The smallest absolute Gasteiger partial charge is 0.300 e. The van der Waals surface area contributed by atoms with E-state index < -0.39 is 0 Å². The number of carbonyl (C=O) groups excluding carboxylic acids is 1. The molecule has 1 aliphatic carbocycles. The third-order valence-electron chi connectivity index (χ3n) is 8.03. The number of hydrogen-bond donors (Lipinski definition) is 1. The first-order chi connectivity index (χ1) is 19.1. The molecule has 5 rings (SSSR count). The number of Topliss-reactive ketones (excluding diaryl/α,β-unsaturated/α-hetero) is 1. The molecule has 0 radical (unpaired) electrons. The molecule has 0 bridgehead atoms. The van der Waals surface area contributed by atoms with Gasteiger partial charge in [0, 0.05) is 41.8 Å². The molecule has 0 spiro atoms. The number of pyridine rings is 1. The quantitative estimate of drug-likeness (QED) is 0.313. The fourth-order valence-electron chi connectivity index (χ4n) is 5.97. The highest BCUT2D eigenvalue weighted by Gasteiger charge is 2.30. The minimum atomic E-state index is -0.116. The molecule has 1 N–H and O–H groups in total. The number of carbonyl (C=O) groups is 1. The molecule has 0 aliphatic heterocycles. The van der Waals surface area contributed by atoms with E-state index in [1.54, 1.807) is 13.1 Å². The van der Waals surface area contributed by atoms with Crippen molar-refractivity contribution in [2.24, 2.45) is 5.92 Å². The monoisotopic (exact) mass is 527 g/mol. The van der Waals surface area contributed by atoms with Crippen molar-refractivity contribution in [3.63, 3.8) is 0 Å². The lowest BCUT2D eigenvalue weighted by Gasteiger charge is -2.28. The van der Waals surface area contributed by atoms with Crippen molar-refractivity contribution in [1.82, 2.24) is 34.7 Å². The van der Waals surface area contributed by atoms with Crippen LogP contribution in [-0.4, -0.2) is 40.5 Å². The van der Waals surface area contributed by atoms with Crippen LogP contribution in [0.4, 0.5) is 0 Å². The van der Waals surface area contributed by atoms with Gasteiger partial charge in [0.1, 0.15) is 5.78 Å². The number of rotatable bonds is 9. The summed E-state index contributed by atoms with van der Waals surface area (Å²) in [5.74, 6) is 0.652. The van der Waals surface area contributed by atoms with Crippen molar-refractivity contribution in [3.05, 3.63) is 70.7 Å². The Morgan fingerprint density at radius 3 is 2.59 bits per heavy atom. The molecule has 1 saturated carbocycles. The predicted octanol–water partition coefficient (Wildman–Crippen LogP) is 5.38. The third-order valence-corrected chi connectivity index (χ3v) is 8.03. The normalized spacial score (nSPS) is 18.0. The maximum atomic E-state index is 14.1. The average molecular weight is 528 g/mol. The van der Waals surface area contributed by atoms with E-state index in [9.17, 15) is 9.59 Å². The lowest BCUT2D eigenvalue weighted by atomic mass is 9.84. The van der Waals surface area contributed by atoms with Gasteiger partial charge in [0.15, 0.2) is 5.82 Å². The molecule has 2 unspecified atom stereocenters. The van der Waals surface area contributed by atoms with E-state index in [1.165, 1.54) is 0 Å². The van der Waals surface area contributed by atoms with Crippen LogP contribution in [0.5, 0.6) is 0 Å². The second-order valence-electron chi connectivity index (χ2n) is 10.6. The van der Waals surface area contributed by atoms with Gasteiger partial charge < -0.3 is 0 Å². The number of aryl methyl sites for hydroxylation is 1. The van der Waals surface area contributed by atoms with Crippen LogP contribution in [0.25, 0.3) is 22.5 Å². The molecule has 204 valence electrons. The number of benzene rings is 1. The van der Waals surface area contributed by atoms with Crippen molar-refractivity contribution in [2.45, 2.75) is 84.2 Å². The summed E-state index contributed by atoms with van der Waals surface area (Å²) in [6.45, 7) is 4.24. The van der Waals surface area contributed by atoms with Crippen molar-refractivity contribution in [1.29, 1.82) is 0 Å². The number of unbranched alkanes of at least 4 members (excludes halogenated alkanes) is 1. The molecule has 1 fully saturated rings. The first-order valence-corrected chi connectivity index (χ1v) is 14.2. The van der Waals surface area contributed by atoms with Crippen molar-refractivity contribution >= 4 is 5.78 Å². The summed E-state index contributed by atoms with van der Waals surface area (Å²) in [6.07, 6.45) is 14.6. The molecule has 3 heterocycles. The molecule has 0 saturated heterocycles. The van der Waals surface area contributed by atoms with Crippen LogP contribution in [-0.2, 0) is 17.8 Å². The van der Waals surface area contributed by atoms with E-state index in [2.05, 4.69) is 32.5 Å². The molecule has 9 heteroatoms. The first kappa shape index (κ1) is 26.7. The molecule has 4 aromatic rings. The Morgan fingerprint density at radius 1 is 1.05 bits per heavy atom. The lowest BCUT2D eigenvalue weighted by molar-refractivity contribution is -0.122. The number of H-pyrrole nitrogens is 1. The van der Waals surface area contributed by atoms with Crippen molar-refractivity contribution < 1.29 is 4.79 Å². The third kappa shape index (κ3) is 5.77. The van der Waals surface area contributed by atoms with Gasteiger partial charge in [0.05, 0.1) is 6.54 Å². The van der Waals surface area contributed by atoms with Crippen LogP contribution in [0.1, 0.15) is 82.5 Å². The van der Waals surface area contributed by atoms with Crippen molar-refractivity contribution in [3.8, 4) is 22.5 Å². The second kappa shape index (κ2) is 12.3. The standard InChI is InChI=1S/C30H37N7O2/c1-3-4-11-23-20-37(28-15-8-6-5-7-12-24(28)21(2)38)30(39)36(23)19-22-18-31-17-16-25(22)26-13-9-10-14-27(26)29-32-34-35-33-29/h9-10,13-14,16-18,20,24,28H,3-8,11-12,15,19H2,1-2H3,(H,32,33,34,35). The zero-order valence-corrected chi connectivity index (χ0v) is 22.8. The molecule has 39 heavy (non-hydrogen) atoms. The van der Waals surface area contributed by atoms with Crippen LogP contribution in [0.3, 0.4) is 0 Å². The largest absolute Gasteiger partial charge is 0.328 e. The Labute approximate surface area is 228 Å². The number of nitrogens with zero attached hydrogens (tertiary/aromatic N) is 6. The minimum absolute atomic E-state index is 0.0413. The molecule has 2 atom stereocenters. The Balaban J connectivity index is 1.57. The minimum Gasteiger partial charge on any atom is -0.300 e. The van der Waals surface area contributed by atoms with E-state index >= 15 is 0 Å². The van der Waals surface area contributed by atoms with Gasteiger partial charge in [-0.15, -0.1) is 5.10 Å². The van der Waals surface area contributed by atoms with Crippen LogP contribution in [0, 0.1) is 5.92 Å². The number of ketones is 1. The number of hydrogen-bond acceptors (Lipinski definition) is 6. The number of imidazole rings is 1. The predicted molar refractivity (Wildman–Crippen MR) is 150 cm³/mol. The van der Waals surface area contributed by atoms with E-state index in [4.69, 9.17) is 0 Å². The van der Waals surface area contributed by atoms with Gasteiger partial charge in [-0.25, -0.2) is 9.89 Å². The maximum Gasteiger partial charge on any atom is 0.328 e. The summed E-state index contributed by atoms with van der Waals surface area (Å²) in [5.41, 5.74) is 4.73. The highest BCUT2D eigenvalue weighted by atomic mass is 16.2. The first-order valence-electron chi connectivity index (χ1n) is 14.2. The van der Waals surface area contributed by atoms with Gasteiger partial charge in [-0.3, -0.25) is 18.9 Å². The Bertz CT molecular complexity index is 1450. The number of aromatic amines is 1. The summed E-state index contributed by atoms with van der Waals surface area (Å²) in [6, 6.07) is 9.84. The van der Waals surface area contributed by atoms with Gasteiger partial charge in [0.25, 0.3) is 0 Å². The molecule has 3 aromatic heterocycles.